The summed E-state index contributed by atoms with van der Waals surface area (Å²) in [6.07, 6.45) is 2.54. The first-order chi connectivity index (χ1) is 11.5. The van der Waals surface area contributed by atoms with Gasteiger partial charge in [-0.1, -0.05) is 30.3 Å². The molecule has 24 heavy (non-hydrogen) atoms. The maximum atomic E-state index is 12.6. The molecule has 0 aromatic heterocycles. The molecule has 1 amide bonds. The van der Waals surface area contributed by atoms with E-state index < -0.39 is 0 Å². The van der Waals surface area contributed by atoms with Crippen molar-refractivity contribution in [2.45, 2.75) is 46.2 Å². The number of rotatable bonds is 4. The number of hydrogen-bond donors (Lipinski definition) is 1. The SMILES string of the molecule is Cc1cccc(C)c1NC(=O)c1cccc(CN2CCCC2C)c1. The van der Waals surface area contributed by atoms with Crippen LogP contribution in [0.15, 0.2) is 42.5 Å². The molecule has 2 aromatic carbocycles. The minimum absolute atomic E-state index is 0.0382. The zero-order chi connectivity index (χ0) is 17.1. The van der Waals surface area contributed by atoms with Gasteiger partial charge in [-0.2, -0.15) is 0 Å². The largest absolute Gasteiger partial charge is 0.322 e. The highest BCUT2D eigenvalue weighted by molar-refractivity contribution is 6.05. The lowest BCUT2D eigenvalue weighted by atomic mass is 10.1. The van der Waals surface area contributed by atoms with Crippen molar-refractivity contribution in [1.82, 2.24) is 4.90 Å². The van der Waals surface area contributed by atoms with E-state index in [1.54, 1.807) is 0 Å². The Kier molecular flexibility index (Phi) is 5.00. The first kappa shape index (κ1) is 16.7. The third-order valence-electron chi connectivity index (χ3n) is 4.99. The normalized spacial score (nSPS) is 17.9. The molecule has 2 aromatic rings. The number of benzene rings is 2. The van der Waals surface area contributed by atoms with Crippen LogP contribution in [0.3, 0.4) is 0 Å². The standard InChI is InChI=1S/C21H26N2O/c1-15-7-4-8-16(2)20(15)22-21(24)19-11-5-10-18(13-19)14-23-12-6-9-17(23)3/h4-5,7-8,10-11,13,17H,6,9,12,14H2,1-3H3,(H,22,24). The number of aryl methyl sites for hydroxylation is 2. The van der Waals surface area contributed by atoms with Crippen LogP contribution >= 0.6 is 0 Å². The smallest absolute Gasteiger partial charge is 0.255 e. The fraction of sp³-hybridized carbons (Fsp3) is 0.381. The van der Waals surface area contributed by atoms with Crippen molar-refractivity contribution in [1.29, 1.82) is 0 Å². The van der Waals surface area contributed by atoms with Crippen LogP contribution in [-0.2, 0) is 6.54 Å². The highest BCUT2D eigenvalue weighted by Crippen LogP contribution is 2.22. The number of carbonyl (C=O) groups excluding carboxylic acids is 1. The number of likely N-dealkylation sites (tertiary alicyclic amines) is 1. The number of hydrogen-bond acceptors (Lipinski definition) is 2. The first-order valence-corrected chi connectivity index (χ1v) is 8.75. The number of amides is 1. The van der Waals surface area contributed by atoms with Crippen LogP contribution in [0.5, 0.6) is 0 Å². The fourth-order valence-electron chi connectivity index (χ4n) is 3.47. The Morgan fingerprint density at radius 1 is 1.17 bits per heavy atom. The van der Waals surface area contributed by atoms with Crippen molar-refractivity contribution in [3.63, 3.8) is 0 Å². The van der Waals surface area contributed by atoms with E-state index in [4.69, 9.17) is 0 Å². The minimum Gasteiger partial charge on any atom is -0.322 e. The van der Waals surface area contributed by atoms with Crippen molar-refractivity contribution in [3.8, 4) is 0 Å². The van der Waals surface area contributed by atoms with Crippen molar-refractivity contribution < 1.29 is 4.79 Å². The maximum Gasteiger partial charge on any atom is 0.255 e. The number of para-hydroxylation sites is 1. The molecule has 126 valence electrons. The molecule has 1 saturated heterocycles. The van der Waals surface area contributed by atoms with Gasteiger partial charge in [0, 0.05) is 23.8 Å². The molecule has 1 fully saturated rings. The second-order valence-electron chi connectivity index (χ2n) is 6.88. The summed E-state index contributed by atoms with van der Waals surface area (Å²) >= 11 is 0. The summed E-state index contributed by atoms with van der Waals surface area (Å²) in [5.74, 6) is -0.0382. The Bertz CT molecular complexity index is 718. The van der Waals surface area contributed by atoms with E-state index in [9.17, 15) is 4.79 Å². The molecule has 1 aliphatic rings. The Hall–Kier alpha value is -2.13. The molecule has 3 rings (SSSR count). The lowest BCUT2D eigenvalue weighted by Crippen LogP contribution is -2.26. The predicted molar refractivity (Wildman–Crippen MR) is 99.4 cm³/mol. The molecule has 3 heteroatoms. The van der Waals surface area contributed by atoms with Gasteiger partial charge in [-0.3, -0.25) is 9.69 Å². The summed E-state index contributed by atoms with van der Waals surface area (Å²) in [6.45, 7) is 8.40. The van der Waals surface area contributed by atoms with E-state index in [2.05, 4.69) is 23.2 Å². The molecule has 0 aliphatic carbocycles. The van der Waals surface area contributed by atoms with Gasteiger partial charge in [-0.15, -0.1) is 0 Å². The Balaban J connectivity index is 1.74. The van der Waals surface area contributed by atoms with Crippen LogP contribution in [0.1, 0.15) is 46.8 Å². The molecule has 1 aliphatic heterocycles. The molecule has 1 unspecified atom stereocenters. The highest BCUT2D eigenvalue weighted by Gasteiger charge is 2.20. The van der Waals surface area contributed by atoms with Crippen LogP contribution < -0.4 is 5.32 Å². The highest BCUT2D eigenvalue weighted by atomic mass is 16.1. The molecule has 1 atom stereocenters. The van der Waals surface area contributed by atoms with Crippen LogP contribution in [0, 0.1) is 13.8 Å². The summed E-state index contributed by atoms with van der Waals surface area (Å²) in [6, 6.07) is 14.7. The predicted octanol–water partition coefficient (Wildman–Crippen LogP) is 4.54. The van der Waals surface area contributed by atoms with E-state index >= 15 is 0 Å². The Morgan fingerprint density at radius 2 is 1.88 bits per heavy atom. The second-order valence-corrected chi connectivity index (χ2v) is 6.88. The van der Waals surface area contributed by atoms with Gasteiger partial charge in [-0.25, -0.2) is 0 Å². The summed E-state index contributed by atoms with van der Waals surface area (Å²) in [4.78, 5) is 15.1. The lowest BCUT2D eigenvalue weighted by Gasteiger charge is -2.21. The van der Waals surface area contributed by atoms with Gasteiger partial charge in [0.25, 0.3) is 5.91 Å². The van der Waals surface area contributed by atoms with Gasteiger partial charge >= 0.3 is 0 Å². The Labute approximate surface area is 144 Å². The molecule has 0 bridgehead atoms. The summed E-state index contributed by atoms with van der Waals surface area (Å²) < 4.78 is 0. The third-order valence-corrected chi connectivity index (χ3v) is 4.99. The number of anilines is 1. The van der Waals surface area contributed by atoms with E-state index in [0.29, 0.717) is 6.04 Å². The average molecular weight is 322 g/mol. The van der Waals surface area contributed by atoms with Gasteiger partial charge in [0.05, 0.1) is 0 Å². The number of carbonyl (C=O) groups is 1. The zero-order valence-electron chi connectivity index (χ0n) is 14.8. The van der Waals surface area contributed by atoms with Crippen LogP contribution in [0.4, 0.5) is 5.69 Å². The maximum absolute atomic E-state index is 12.6. The van der Waals surface area contributed by atoms with Gasteiger partial charge in [-0.05, 0) is 69.0 Å². The number of nitrogens with one attached hydrogen (secondary N) is 1. The quantitative estimate of drug-likeness (QED) is 0.896. The first-order valence-electron chi connectivity index (χ1n) is 8.75. The summed E-state index contributed by atoms with van der Waals surface area (Å²) in [5.41, 5.74) is 5.02. The summed E-state index contributed by atoms with van der Waals surface area (Å²) in [7, 11) is 0. The Morgan fingerprint density at radius 3 is 2.54 bits per heavy atom. The zero-order valence-corrected chi connectivity index (χ0v) is 14.8. The molecule has 0 radical (unpaired) electrons. The molecule has 0 spiro atoms. The fourth-order valence-corrected chi connectivity index (χ4v) is 3.47. The molecular weight excluding hydrogens is 296 g/mol. The van der Waals surface area contributed by atoms with Crippen molar-refractivity contribution >= 4 is 11.6 Å². The van der Waals surface area contributed by atoms with Gasteiger partial charge < -0.3 is 5.32 Å². The topological polar surface area (TPSA) is 32.3 Å². The van der Waals surface area contributed by atoms with E-state index in [1.807, 2.05) is 50.2 Å². The molecule has 1 N–H and O–H groups in total. The third kappa shape index (κ3) is 3.68. The average Bonchev–Trinajstić information content (AvgIpc) is 2.96. The van der Waals surface area contributed by atoms with Gasteiger partial charge in [0.15, 0.2) is 0 Å². The van der Waals surface area contributed by atoms with E-state index in [1.165, 1.54) is 18.4 Å². The van der Waals surface area contributed by atoms with E-state index in [-0.39, 0.29) is 5.91 Å². The van der Waals surface area contributed by atoms with Crippen LogP contribution in [0.25, 0.3) is 0 Å². The van der Waals surface area contributed by atoms with Gasteiger partial charge in [0.2, 0.25) is 0 Å². The number of nitrogens with zero attached hydrogens (tertiary/aromatic N) is 1. The van der Waals surface area contributed by atoms with Crippen molar-refractivity contribution in [3.05, 3.63) is 64.7 Å². The van der Waals surface area contributed by atoms with Crippen molar-refractivity contribution in [2.24, 2.45) is 0 Å². The second kappa shape index (κ2) is 7.18. The molecule has 3 nitrogen and oxygen atoms in total. The molecule has 1 heterocycles. The molecule has 0 saturated carbocycles. The van der Waals surface area contributed by atoms with E-state index in [0.717, 1.165) is 35.5 Å². The van der Waals surface area contributed by atoms with Crippen LogP contribution in [0.2, 0.25) is 0 Å². The lowest BCUT2D eigenvalue weighted by molar-refractivity contribution is 0.102. The monoisotopic (exact) mass is 322 g/mol. The van der Waals surface area contributed by atoms with Crippen molar-refractivity contribution in [2.75, 3.05) is 11.9 Å². The summed E-state index contributed by atoms with van der Waals surface area (Å²) in [5, 5.41) is 3.07. The molecular formula is C21H26N2O. The minimum atomic E-state index is -0.0382. The van der Waals surface area contributed by atoms with Crippen LogP contribution in [-0.4, -0.2) is 23.4 Å². The van der Waals surface area contributed by atoms with Gasteiger partial charge in [0.1, 0.15) is 0 Å².